The smallest absolute Gasteiger partial charge is 0.345 e. The summed E-state index contributed by atoms with van der Waals surface area (Å²) >= 11 is 1.12. The Bertz CT molecular complexity index is 737. The van der Waals surface area contributed by atoms with Crippen LogP contribution in [0.15, 0.2) is 29.6 Å². The zero-order valence-electron chi connectivity index (χ0n) is 11.7. The minimum absolute atomic E-state index is 0.0906. The highest BCUT2D eigenvalue weighted by atomic mass is 32.1. The number of benzene rings is 1. The van der Waals surface area contributed by atoms with Gasteiger partial charge in [-0.1, -0.05) is 12.1 Å². The van der Waals surface area contributed by atoms with Crippen LogP contribution < -0.4 is 5.32 Å². The van der Waals surface area contributed by atoms with Crippen LogP contribution in [-0.2, 0) is 17.6 Å². The van der Waals surface area contributed by atoms with Crippen molar-refractivity contribution in [2.24, 2.45) is 0 Å². The SMILES string of the molecule is O=C(Cc1csc(C(=O)O)c1)NC1CCc2c(O)cccc21. The van der Waals surface area contributed by atoms with Crippen molar-refractivity contribution in [1.29, 1.82) is 0 Å². The van der Waals surface area contributed by atoms with E-state index in [0.29, 0.717) is 5.56 Å². The van der Waals surface area contributed by atoms with Gasteiger partial charge in [-0.3, -0.25) is 4.79 Å². The van der Waals surface area contributed by atoms with Gasteiger partial charge in [0.15, 0.2) is 0 Å². The molecule has 0 saturated carbocycles. The van der Waals surface area contributed by atoms with E-state index in [1.54, 1.807) is 17.5 Å². The Balaban J connectivity index is 1.66. The molecule has 3 rings (SSSR count). The summed E-state index contributed by atoms with van der Waals surface area (Å²) in [6.07, 6.45) is 1.67. The van der Waals surface area contributed by atoms with Crippen molar-refractivity contribution in [1.82, 2.24) is 5.32 Å². The predicted molar refractivity (Wildman–Crippen MR) is 82.3 cm³/mol. The fourth-order valence-corrected chi connectivity index (χ4v) is 3.55. The lowest BCUT2D eigenvalue weighted by molar-refractivity contribution is -0.121. The van der Waals surface area contributed by atoms with Crippen molar-refractivity contribution >= 4 is 23.2 Å². The monoisotopic (exact) mass is 317 g/mol. The zero-order chi connectivity index (χ0) is 15.7. The molecule has 1 aliphatic rings. The van der Waals surface area contributed by atoms with E-state index in [1.165, 1.54) is 6.07 Å². The third kappa shape index (κ3) is 2.82. The molecule has 0 bridgehead atoms. The van der Waals surface area contributed by atoms with Crippen molar-refractivity contribution in [3.8, 4) is 5.75 Å². The number of amides is 1. The van der Waals surface area contributed by atoms with Crippen LogP contribution >= 0.6 is 11.3 Å². The number of hydrogen-bond donors (Lipinski definition) is 3. The Labute approximate surface area is 131 Å². The second-order valence-corrected chi connectivity index (χ2v) is 6.22. The molecule has 0 aliphatic heterocycles. The van der Waals surface area contributed by atoms with E-state index in [9.17, 15) is 14.7 Å². The van der Waals surface area contributed by atoms with Crippen LogP contribution in [-0.4, -0.2) is 22.1 Å². The average Bonchev–Trinajstić information content (AvgIpc) is 3.07. The number of aromatic hydroxyl groups is 1. The number of carboxylic acids is 1. The first-order valence-electron chi connectivity index (χ1n) is 6.95. The third-order valence-corrected chi connectivity index (χ3v) is 4.78. The first-order valence-corrected chi connectivity index (χ1v) is 7.83. The number of carbonyl (C=O) groups is 2. The molecule has 0 fully saturated rings. The Hall–Kier alpha value is -2.34. The highest BCUT2D eigenvalue weighted by Gasteiger charge is 2.25. The second-order valence-electron chi connectivity index (χ2n) is 5.30. The van der Waals surface area contributed by atoms with Crippen LogP contribution in [0, 0.1) is 0 Å². The van der Waals surface area contributed by atoms with Crippen molar-refractivity contribution < 1.29 is 19.8 Å². The Morgan fingerprint density at radius 2 is 2.18 bits per heavy atom. The van der Waals surface area contributed by atoms with Gasteiger partial charge < -0.3 is 15.5 Å². The van der Waals surface area contributed by atoms with E-state index < -0.39 is 5.97 Å². The van der Waals surface area contributed by atoms with Crippen LogP contribution in [0.2, 0.25) is 0 Å². The number of nitrogens with one attached hydrogen (secondary N) is 1. The summed E-state index contributed by atoms with van der Waals surface area (Å²) in [5.41, 5.74) is 2.57. The van der Waals surface area contributed by atoms with Crippen molar-refractivity contribution in [3.63, 3.8) is 0 Å². The van der Waals surface area contributed by atoms with Crippen LogP contribution in [0.1, 0.15) is 38.8 Å². The molecule has 1 aromatic heterocycles. The van der Waals surface area contributed by atoms with Gasteiger partial charge in [0.25, 0.3) is 0 Å². The number of thiophene rings is 1. The summed E-state index contributed by atoms with van der Waals surface area (Å²) in [4.78, 5) is 23.2. The van der Waals surface area contributed by atoms with Crippen molar-refractivity contribution in [3.05, 3.63) is 51.2 Å². The maximum atomic E-state index is 12.1. The minimum Gasteiger partial charge on any atom is -0.508 e. The summed E-state index contributed by atoms with van der Waals surface area (Å²) in [6, 6.07) is 6.78. The van der Waals surface area contributed by atoms with Crippen molar-refractivity contribution in [2.45, 2.75) is 25.3 Å². The largest absolute Gasteiger partial charge is 0.508 e. The maximum absolute atomic E-state index is 12.1. The molecule has 0 radical (unpaired) electrons. The van der Waals surface area contributed by atoms with Gasteiger partial charge in [0.1, 0.15) is 10.6 Å². The molecule has 1 amide bonds. The quantitative estimate of drug-likeness (QED) is 0.808. The fraction of sp³-hybridized carbons (Fsp3) is 0.250. The molecular weight excluding hydrogens is 302 g/mol. The van der Waals surface area contributed by atoms with Gasteiger partial charge in [-0.15, -0.1) is 11.3 Å². The first kappa shape index (κ1) is 14.6. The lowest BCUT2D eigenvalue weighted by Crippen LogP contribution is -2.28. The summed E-state index contributed by atoms with van der Waals surface area (Å²) < 4.78 is 0. The van der Waals surface area contributed by atoms with Gasteiger partial charge in [0.05, 0.1) is 12.5 Å². The molecule has 1 unspecified atom stereocenters. The molecule has 1 heterocycles. The zero-order valence-corrected chi connectivity index (χ0v) is 12.5. The van der Waals surface area contributed by atoms with E-state index in [4.69, 9.17) is 5.11 Å². The lowest BCUT2D eigenvalue weighted by Gasteiger charge is -2.14. The number of carbonyl (C=O) groups excluding carboxylic acids is 1. The minimum atomic E-state index is -0.975. The highest BCUT2D eigenvalue weighted by molar-refractivity contribution is 7.12. The van der Waals surface area contributed by atoms with Crippen LogP contribution in [0.3, 0.4) is 0 Å². The van der Waals surface area contributed by atoms with E-state index in [-0.39, 0.29) is 29.0 Å². The standard InChI is InChI=1S/C16H15NO4S/c18-13-3-1-2-10-11(13)4-5-12(10)17-15(19)7-9-6-14(16(20)21)22-8-9/h1-3,6,8,12,18H,4-5,7H2,(H,17,19)(H,20,21). The van der Waals surface area contributed by atoms with E-state index in [2.05, 4.69) is 5.32 Å². The van der Waals surface area contributed by atoms with Crippen LogP contribution in [0.4, 0.5) is 0 Å². The van der Waals surface area contributed by atoms with Gasteiger partial charge in [-0.25, -0.2) is 4.79 Å². The lowest BCUT2D eigenvalue weighted by atomic mass is 10.1. The molecule has 1 atom stereocenters. The summed E-state index contributed by atoms with van der Waals surface area (Å²) in [5.74, 6) is -0.842. The van der Waals surface area contributed by atoms with Gasteiger partial charge in [0.2, 0.25) is 5.91 Å². The van der Waals surface area contributed by atoms with Crippen molar-refractivity contribution in [2.75, 3.05) is 0 Å². The maximum Gasteiger partial charge on any atom is 0.345 e. The first-order chi connectivity index (χ1) is 10.5. The topological polar surface area (TPSA) is 86.6 Å². The number of carboxylic acid groups (broad SMARTS) is 1. The van der Waals surface area contributed by atoms with Gasteiger partial charge in [0, 0.05) is 0 Å². The van der Waals surface area contributed by atoms with E-state index in [0.717, 1.165) is 35.3 Å². The second kappa shape index (κ2) is 5.81. The fourth-order valence-electron chi connectivity index (χ4n) is 2.80. The molecule has 6 heteroatoms. The highest BCUT2D eigenvalue weighted by Crippen LogP contribution is 2.36. The van der Waals surface area contributed by atoms with Gasteiger partial charge >= 0.3 is 5.97 Å². The summed E-state index contributed by atoms with van der Waals surface area (Å²) in [7, 11) is 0. The van der Waals surface area contributed by atoms with Crippen LogP contribution in [0.5, 0.6) is 5.75 Å². The number of aromatic carboxylic acids is 1. The molecule has 114 valence electrons. The third-order valence-electron chi connectivity index (χ3n) is 3.81. The molecule has 0 saturated heterocycles. The predicted octanol–water partition coefficient (Wildman–Crippen LogP) is 2.50. The number of rotatable bonds is 4. The Morgan fingerprint density at radius 3 is 2.91 bits per heavy atom. The molecular formula is C16H15NO4S. The molecule has 3 N–H and O–H groups in total. The number of phenolic OH excluding ortho intramolecular Hbond substituents is 1. The van der Waals surface area contributed by atoms with E-state index >= 15 is 0 Å². The summed E-state index contributed by atoms with van der Waals surface area (Å²) in [6.45, 7) is 0. The van der Waals surface area contributed by atoms with Gasteiger partial charge in [-0.2, -0.15) is 0 Å². The molecule has 22 heavy (non-hydrogen) atoms. The molecule has 5 nitrogen and oxygen atoms in total. The Kier molecular flexibility index (Phi) is 3.85. The number of hydrogen-bond acceptors (Lipinski definition) is 4. The van der Waals surface area contributed by atoms with Crippen LogP contribution in [0.25, 0.3) is 0 Å². The van der Waals surface area contributed by atoms with E-state index in [1.807, 2.05) is 6.07 Å². The number of phenols is 1. The van der Waals surface area contributed by atoms with Gasteiger partial charge in [-0.05, 0) is 47.0 Å². The Morgan fingerprint density at radius 1 is 1.36 bits per heavy atom. The number of fused-ring (bicyclic) bond motifs is 1. The molecule has 1 aliphatic carbocycles. The average molecular weight is 317 g/mol. The summed E-state index contributed by atoms with van der Waals surface area (Å²) in [5, 5.41) is 23.3. The normalized spacial score (nSPS) is 16.3. The molecule has 2 aromatic rings. The molecule has 0 spiro atoms. The molecule has 1 aromatic carbocycles.